The van der Waals surface area contributed by atoms with Crippen molar-refractivity contribution >= 4 is 16.8 Å². The van der Waals surface area contributed by atoms with Gasteiger partial charge in [-0.3, -0.25) is 0 Å². The second-order valence-corrected chi connectivity index (χ2v) is 8.88. The van der Waals surface area contributed by atoms with E-state index in [4.69, 9.17) is 14.2 Å². The van der Waals surface area contributed by atoms with Gasteiger partial charge in [0.2, 0.25) is 0 Å². The molecule has 0 saturated carbocycles. The molecule has 5 aromatic carbocycles. The standard InChI is InChI=1S/C33H26O3/c1-34-27-16-12-25(13-17-27)33(26-14-18-28(35-2)19-15-26)21-20-30-31(23-8-4-3-5-9-23)22-24-10-6-7-11-29(24)32(30)36-33/h3-22H,1-2H3. The van der Waals surface area contributed by atoms with Crippen LogP contribution < -0.4 is 14.2 Å². The SMILES string of the molecule is COc1ccc(C2(c3ccc(OC)cc3)C=Cc3c(-c4ccccc4)cc4ccccc4c3O2)cc1. The highest BCUT2D eigenvalue weighted by Gasteiger charge is 2.38. The van der Waals surface area contributed by atoms with Crippen molar-refractivity contribution < 1.29 is 14.2 Å². The predicted octanol–water partition coefficient (Wildman–Crippen LogP) is 7.87. The summed E-state index contributed by atoms with van der Waals surface area (Å²) >= 11 is 0. The maximum Gasteiger partial charge on any atom is 0.178 e. The van der Waals surface area contributed by atoms with Gasteiger partial charge in [-0.1, -0.05) is 78.9 Å². The quantitative estimate of drug-likeness (QED) is 0.262. The van der Waals surface area contributed by atoms with Crippen molar-refractivity contribution in [3.63, 3.8) is 0 Å². The van der Waals surface area contributed by atoms with E-state index in [1.165, 1.54) is 0 Å². The van der Waals surface area contributed by atoms with Gasteiger partial charge in [0.1, 0.15) is 17.2 Å². The lowest BCUT2D eigenvalue weighted by Crippen LogP contribution is -2.34. The summed E-state index contributed by atoms with van der Waals surface area (Å²) in [6.07, 6.45) is 4.38. The van der Waals surface area contributed by atoms with Crippen LogP contribution in [0.2, 0.25) is 0 Å². The van der Waals surface area contributed by atoms with Gasteiger partial charge >= 0.3 is 0 Å². The molecule has 3 heteroatoms. The first-order valence-corrected chi connectivity index (χ1v) is 12.0. The fourth-order valence-corrected chi connectivity index (χ4v) is 5.01. The highest BCUT2D eigenvalue weighted by atomic mass is 16.5. The Morgan fingerprint density at radius 2 is 1.22 bits per heavy atom. The number of hydrogen-bond donors (Lipinski definition) is 0. The molecule has 1 heterocycles. The van der Waals surface area contributed by atoms with Gasteiger partial charge in [0, 0.05) is 22.1 Å². The number of rotatable bonds is 5. The molecule has 1 aliphatic rings. The van der Waals surface area contributed by atoms with Crippen LogP contribution in [0, 0.1) is 0 Å². The first-order valence-electron chi connectivity index (χ1n) is 12.0. The normalized spacial score (nSPS) is 13.6. The third-order valence-corrected chi connectivity index (χ3v) is 6.91. The number of hydrogen-bond acceptors (Lipinski definition) is 3. The van der Waals surface area contributed by atoms with E-state index < -0.39 is 5.60 Å². The van der Waals surface area contributed by atoms with Gasteiger partial charge in [-0.25, -0.2) is 0 Å². The molecular formula is C33H26O3. The van der Waals surface area contributed by atoms with E-state index in [1.807, 2.05) is 30.3 Å². The first kappa shape index (κ1) is 22.0. The van der Waals surface area contributed by atoms with Crippen LogP contribution in [0.15, 0.2) is 115 Å². The van der Waals surface area contributed by atoms with Crippen LogP contribution in [0.25, 0.3) is 28.0 Å². The fourth-order valence-electron chi connectivity index (χ4n) is 5.01. The highest BCUT2D eigenvalue weighted by molar-refractivity contribution is 5.99. The lowest BCUT2D eigenvalue weighted by atomic mass is 9.82. The van der Waals surface area contributed by atoms with E-state index in [-0.39, 0.29) is 0 Å². The van der Waals surface area contributed by atoms with Crippen LogP contribution in [-0.4, -0.2) is 14.2 Å². The van der Waals surface area contributed by atoms with E-state index in [9.17, 15) is 0 Å². The summed E-state index contributed by atoms with van der Waals surface area (Å²) in [5, 5.41) is 2.23. The van der Waals surface area contributed by atoms with Gasteiger partial charge < -0.3 is 14.2 Å². The Kier molecular flexibility index (Phi) is 5.46. The Hall–Kier alpha value is -4.50. The minimum absolute atomic E-state index is 0.806. The molecule has 0 spiro atoms. The molecule has 36 heavy (non-hydrogen) atoms. The zero-order valence-electron chi connectivity index (χ0n) is 20.3. The van der Waals surface area contributed by atoms with Crippen LogP contribution in [0.5, 0.6) is 17.2 Å². The van der Waals surface area contributed by atoms with E-state index in [1.54, 1.807) is 14.2 Å². The van der Waals surface area contributed by atoms with Gasteiger partial charge in [-0.05, 0) is 59.0 Å². The molecule has 0 saturated heterocycles. The van der Waals surface area contributed by atoms with Crippen molar-refractivity contribution in [2.45, 2.75) is 5.60 Å². The zero-order valence-corrected chi connectivity index (χ0v) is 20.3. The molecule has 0 radical (unpaired) electrons. The summed E-state index contributed by atoms with van der Waals surface area (Å²) < 4.78 is 18.0. The summed E-state index contributed by atoms with van der Waals surface area (Å²) in [7, 11) is 3.36. The van der Waals surface area contributed by atoms with Crippen LogP contribution in [0.1, 0.15) is 16.7 Å². The molecule has 6 rings (SSSR count). The Morgan fingerprint density at radius 1 is 0.639 bits per heavy atom. The smallest absolute Gasteiger partial charge is 0.178 e. The monoisotopic (exact) mass is 470 g/mol. The number of methoxy groups -OCH3 is 2. The molecule has 0 amide bonds. The molecular weight excluding hydrogens is 444 g/mol. The summed E-state index contributed by atoms with van der Waals surface area (Å²) in [6.45, 7) is 0. The molecule has 5 aromatic rings. The van der Waals surface area contributed by atoms with E-state index in [0.29, 0.717) is 0 Å². The molecule has 0 N–H and O–H groups in total. The molecule has 1 aliphatic heterocycles. The van der Waals surface area contributed by atoms with Crippen molar-refractivity contribution in [2.75, 3.05) is 14.2 Å². The van der Waals surface area contributed by atoms with Crippen molar-refractivity contribution in [2.24, 2.45) is 0 Å². The molecule has 176 valence electrons. The Balaban J connectivity index is 1.61. The second kappa shape index (κ2) is 8.94. The third-order valence-electron chi connectivity index (χ3n) is 6.91. The first-order chi connectivity index (χ1) is 17.7. The summed E-state index contributed by atoms with van der Waals surface area (Å²) in [6, 6.07) is 37.3. The summed E-state index contributed by atoms with van der Waals surface area (Å²) in [5.74, 6) is 2.49. The largest absolute Gasteiger partial charge is 0.497 e. The van der Waals surface area contributed by atoms with Gasteiger partial charge in [0.05, 0.1) is 14.2 Å². The van der Waals surface area contributed by atoms with Crippen molar-refractivity contribution in [3.8, 4) is 28.4 Å². The zero-order chi connectivity index (χ0) is 24.5. The maximum atomic E-state index is 7.15. The molecule has 3 nitrogen and oxygen atoms in total. The average Bonchev–Trinajstić information content (AvgIpc) is 2.97. The van der Waals surface area contributed by atoms with Gasteiger partial charge in [0.15, 0.2) is 5.60 Å². The Morgan fingerprint density at radius 3 is 1.83 bits per heavy atom. The lowest BCUT2D eigenvalue weighted by Gasteiger charge is -2.37. The minimum atomic E-state index is -0.816. The van der Waals surface area contributed by atoms with E-state index >= 15 is 0 Å². The minimum Gasteiger partial charge on any atom is -0.497 e. The predicted molar refractivity (Wildman–Crippen MR) is 146 cm³/mol. The second-order valence-electron chi connectivity index (χ2n) is 8.88. The van der Waals surface area contributed by atoms with Crippen molar-refractivity contribution in [1.29, 1.82) is 0 Å². The number of ether oxygens (including phenoxy) is 3. The molecule has 0 fully saturated rings. The molecule has 0 aliphatic carbocycles. The van der Waals surface area contributed by atoms with Crippen LogP contribution in [0.3, 0.4) is 0 Å². The van der Waals surface area contributed by atoms with Crippen molar-refractivity contribution in [1.82, 2.24) is 0 Å². The lowest BCUT2D eigenvalue weighted by molar-refractivity contribution is 0.163. The molecule has 0 atom stereocenters. The van der Waals surface area contributed by atoms with Crippen molar-refractivity contribution in [3.05, 3.63) is 132 Å². The fraction of sp³-hybridized carbons (Fsp3) is 0.0909. The highest BCUT2D eigenvalue weighted by Crippen LogP contribution is 2.48. The van der Waals surface area contributed by atoms with Crippen LogP contribution in [-0.2, 0) is 5.60 Å². The number of fused-ring (bicyclic) bond motifs is 3. The van der Waals surface area contributed by atoms with Crippen LogP contribution >= 0.6 is 0 Å². The summed E-state index contributed by atoms with van der Waals surface area (Å²) in [5.41, 5.74) is 4.61. The maximum absolute atomic E-state index is 7.15. The van der Waals surface area contributed by atoms with E-state index in [0.717, 1.165) is 55.8 Å². The summed E-state index contributed by atoms with van der Waals surface area (Å²) in [4.78, 5) is 0. The molecule has 0 bridgehead atoms. The Labute approximate surface area is 211 Å². The van der Waals surface area contributed by atoms with E-state index in [2.05, 4.69) is 91.0 Å². The van der Waals surface area contributed by atoms with Gasteiger partial charge in [-0.15, -0.1) is 0 Å². The molecule has 0 unspecified atom stereocenters. The van der Waals surface area contributed by atoms with Gasteiger partial charge in [-0.2, -0.15) is 0 Å². The molecule has 0 aromatic heterocycles. The number of benzene rings is 5. The topological polar surface area (TPSA) is 27.7 Å². The average molecular weight is 471 g/mol. The van der Waals surface area contributed by atoms with Gasteiger partial charge in [0.25, 0.3) is 0 Å². The van der Waals surface area contributed by atoms with Crippen LogP contribution in [0.4, 0.5) is 0 Å². The third kappa shape index (κ3) is 3.61. The Bertz CT molecular complexity index is 1500.